The fourth-order valence-electron chi connectivity index (χ4n) is 2.99. The number of likely N-dealkylation sites (tertiary alicyclic amines) is 1. The Kier molecular flexibility index (Phi) is 4.83. The summed E-state index contributed by atoms with van der Waals surface area (Å²) >= 11 is 7.44. The number of carbonyl (C=O) groups is 2. The van der Waals surface area contributed by atoms with Gasteiger partial charge in [0.05, 0.1) is 4.88 Å². The molecule has 1 aliphatic heterocycles. The zero-order valence-corrected chi connectivity index (χ0v) is 14.5. The zero-order chi connectivity index (χ0) is 16.4. The number of hydrogen-bond donors (Lipinski definition) is 0. The molecule has 1 amide bonds. The number of hydrogen-bond acceptors (Lipinski definition) is 3. The van der Waals surface area contributed by atoms with Crippen molar-refractivity contribution in [3.05, 3.63) is 56.7 Å². The Morgan fingerprint density at radius 3 is 2.83 bits per heavy atom. The van der Waals surface area contributed by atoms with Crippen molar-refractivity contribution >= 4 is 34.6 Å². The van der Waals surface area contributed by atoms with E-state index in [0.717, 1.165) is 29.8 Å². The van der Waals surface area contributed by atoms with Crippen LogP contribution in [-0.2, 0) is 0 Å². The van der Waals surface area contributed by atoms with Crippen LogP contribution in [0, 0.1) is 12.8 Å². The van der Waals surface area contributed by atoms with Crippen molar-refractivity contribution in [1.82, 2.24) is 4.90 Å². The molecule has 2 aromatic rings. The summed E-state index contributed by atoms with van der Waals surface area (Å²) < 4.78 is 0. The van der Waals surface area contributed by atoms with Gasteiger partial charge in [-0.25, -0.2) is 0 Å². The van der Waals surface area contributed by atoms with E-state index in [1.165, 1.54) is 11.3 Å². The Balaban J connectivity index is 1.74. The number of carbonyl (C=O) groups excluding carboxylic acids is 2. The third-order valence-corrected chi connectivity index (χ3v) is 5.48. The smallest absolute Gasteiger partial charge is 0.264 e. The Labute approximate surface area is 144 Å². The minimum absolute atomic E-state index is 0.0427. The summed E-state index contributed by atoms with van der Waals surface area (Å²) in [6, 6.07) is 8.99. The predicted molar refractivity (Wildman–Crippen MR) is 93.5 cm³/mol. The molecule has 2 heterocycles. The van der Waals surface area contributed by atoms with E-state index in [1.807, 2.05) is 23.3 Å². The SMILES string of the molecule is Cc1ccsc1C(=O)N1CCCC(C(=O)c2cccc(Cl)c2)C1. The molecule has 1 aromatic carbocycles. The molecule has 3 nitrogen and oxygen atoms in total. The third kappa shape index (κ3) is 3.48. The van der Waals surface area contributed by atoms with Crippen molar-refractivity contribution in [2.24, 2.45) is 5.92 Å². The first-order valence-electron chi connectivity index (χ1n) is 7.69. The molecule has 0 spiro atoms. The van der Waals surface area contributed by atoms with Crippen LogP contribution in [0.25, 0.3) is 0 Å². The summed E-state index contributed by atoms with van der Waals surface area (Å²) in [6.45, 7) is 3.15. The average molecular weight is 348 g/mol. The van der Waals surface area contributed by atoms with Gasteiger partial charge in [0.25, 0.3) is 5.91 Å². The molecule has 0 bridgehead atoms. The fourth-order valence-corrected chi connectivity index (χ4v) is 4.07. The summed E-state index contributed by atoms with van der Waals surface area (Å²) in [4.78, 5) is 27.9. The zero-order valence-electron chi connectivity index (χ0n) is 12.9. The van der Waals surface area contributed by atoms with Crippen LogP contribution >= 0.6 is 22.9 Å². The quantitative estimate of drug-likeness (QED) is 0.769. The van der Waals surface area contributed by atoms with E-state index in [0.29, 0.717) is 17.1 Å². The molecule has 1 saturated heterocycles. The summed E-state index contributed by atoms with van der Waals surface area (Å²) in [5, 5.41) is 2.50. The molecule has 23 heavy (non-hydrogen) atoms. The maximum absolute atomic E-state index is 12.7. The van der Waals surface area contributed by atoms with Gasteiger partial charge < -0.3 is 4.90 Å². The molecule has 0 radical (unpaired) electrons. The Bertz CT molecular complexity index is 740. The highest BCUT2D eigenvalue weighted by atomic mass is 35.5. The van der Waals surface area contributed by atoms with Crippen molar-refractivity contribution in [1.29, 1.82) is 0 Å². The Hall–Kier alpha value is -1.65. The number of halogens is 1. The highest BCUT2D eigenvalue weighted by molar-refractivity contribution is 7.12. The molecule has 1 aromatic heterocycles. The van der Waals surface area contributed by atoms with Crippen LogP contribution in [0.1, 0.15) is 38.4 Å². The van der Waals surface area contributed by atoms with Gasteiger partial charge >= 0.3 is 0 Å². The normalized spacial score (nSPS) is 18.0. The van der Waals surface area contributed by atoms with Crippen LogP contribution in [0.3, 0.4) is 0 Å². The number of Topliss-reactive ketones (excluding diaryl/α,β-unsaturated/α-hetero) is 1. The molecule has 3 rings (SSSR count). The molecule has 0 N–H and O–H groups in total. The molecule has 120 valence electrons. The maximum atomic E-state index is 12.7. The molecular formula is C18H18ClNO2S. The first-order valence-corrected chi connectivity index (χ1v) is 8.95. The van der Waals surface area contributed by atoms with Crippen LogP contribution in [0.2, 0.25) is 5.02 Å². The average Bonchev–Trinajstić information content (AvgIpc) is 2.99. The van der Waals surface area contributed by atoms with Crippen molar-refractivity contribution < 1.29 is 9.59 Å². The van der Waals surface area contributed by atoms with Crippen LogP contribution in [0.4, 0.5) is 0 Å². The Morgan fingerprint density at radius 1 is 1.30 bits per heavy atom. The lowest BCUT2D eigenvalue weighted by atomic mass is 9.90. The van der Waals surface area contributed by atoms with E-state index < -0.39 is 0 Å². The van der Waals surface area contributed by atoms with Gasteiger partial charge in [-0.15, -0.1) is 11.3 Å². The van der Waals surface area contributed by atoms with E-state index in [2.05, 4.69) is 0 Å². The molecule has 5 heteroatoms. The van der Waals surface area contributed by atoms with E-state index in [-0.39, 0.29) is 17.6 Å². The third-order valence-electron chi connectivity index (χ3n) is 4.24. The molecule has 0 saturated carbocycles. The first kappa shape index (κ1) is 16.2. The second-order valence-electron chi connectivity index (χ2n) is 5.90. The standard InChI is InChI=1S/C18H18ClNO2S/c1-12-7-9-23-17(12)18(22)20-8-3-5-14(11-20)16(21)13-4-2-6-15(19)10-13/h2,4,6-7,9-10,14H,3,5,8,11H2,1H3. The van der Waals surface area contributed by atoms with Crippen molar-refractivity contribution in [3.63, 3.8) is 0 Å². The molecule has 1 unspecified atom stereocenters. The van der Waals surface area contributed by atoms with Gasteiger partial charge in [-0.3, -0.25) is 9.59 Å². The summed E-state index contributed by atoms with van der Waals surface area (Å²) in [6.07, 6.45) is 1.67. The van der Waals surface area contributed by atoms with Crippen LogP contribution < -0.4 is 0 Å². The van der Waals surface area contributed by atoms with E-state index in [1.54, 1.807) is 24.3 Å². The highest BCUT2D eigenvalue weighted by Crippen LogP contribution is 2.25. The lowest BCUT2D eigenvalue weighted by molar-refractivity contribution is 0.0640. The molecule has 1 aliphatic rings. The number of benzene rings is 1. The van der Waals surface area contributed by atoms with Crippen LogP contribution in [-0.4, -0.2) is 29.7 Å². The first-order chi connectivity index (χ1) is 11.1. The topological polar surface area (TPSA) is 37.4 Å². The number of ketones is 1. The van der Waals surface area contributed by atoms with Gasteiger partial charge in [0, 0.05) is 29.6 Å². The van der Waals surface area contributed by atoms with Crippen LogP contribution in [0.15, 0.2) is 35.7 Å². The fraction of sp³-hybridized carbons (Fsp3) is 0.333. The summed E-state index contributed by atoms with van der Waals surface area (Å²) in [5.41, 5.74) is 1.63. The second-order valence-corrected chi connectivity index (χ2v) is 7.25. The van der Waals surface area contributed by atoms with Crippen molar-refractivity contribution in [2.45, 2.75) is 19.8 Å². The molecule has 0 aliphatic carbocycles. The number of nitrogens with zero attached hydrogens (tertiary/aromatic N) is 1. The second kappa shape index (κ2) is 6.85. The maximum Gasteiger partial charge on any atom is 0.264 e. The van der Waals surface area contributed by atoms with Gasteiger partial charge in [0.15, 0.2) is 5.78 Å². The summed E-state index contributed by atoms with van der Waals surface area (Å²) in [5.74, 6) is -0.0274. The predicted octanol–water partition coefficient (Wildman–Crippen LogP) is 4.45. The minimum atomic E-state index is -0.147. The van der Waals surface area contributed by atoms with Gasteiger partial charge in [0.1, 0.15) is 0 Å². The van der Waals surface area contributed by atoms with Crippen LogP contribution in [0.5, 0.6) is 0 Å². The molecule has 1 atom stereocenters. The Morgan fingerprint density at radius 2 is 2.13 bits per heavy atom. The highest BCUT2D eigenvalue weighted by Gasteiger charge is 2.30. The van der Waals surface area contributed by atoms with Crippen molar-refractivity contribution in [3.8, 4) is 0 Å². The number of amides is 1. The minimum Gasteiger partial charge on any atom is -0.337 e. The largest absolute Gasteiger partial charge is 0.337 e. The summed E-state index contributed by atoms with van der Waals surface area (Å²) in [7, 11) is 0. The van der Waals surface area contributed by atoms with E-state index >= 15 is 0 Å². The number of rotatable bonds is 3. The number of aryl methyl sites for hydroxylation is 1. The van der Waals surface area contributed by atoms with E-state index in [4.69, 9.17) is 11.6 Å². The van der Waals surface area contributed by atoms with Crippen molar-refractivity contribution in [2.75, 3.05) is 13.1 Å². The molecule has 1 fully saturated rings. The number of piperidine rings is 1. The lowest BCUT2D eigenvalue weighted by Crippen LogP contribution is -2.42. The monoisotopic (exact) mass is 347 g/mol. The van der Waals surface area contributed by atoms with E-state index in [9.17, 15) is 9.59 Å². The molecular weight excluding hydrogens is 330 g/mol. The van der Waals surface area contributed by atoms with Gasteiger partial charge in [0.2, 0.25) is 0 Å². The number of thiophene rings is 1. The van der Waals surface area contributed by atoms with Gasteiger partial charge in [-0.2, -0.15) is 0 Å². The van der Waals surface area contributed by atoms with Gasteiger partial charge in [-0.05, 0) is 48.9 Å². The lowest BCUT2D eigenvalue weighted by Gasteiger charge is -2.32. The van der Waals surface area contributed by atoms with Gasteiger partial charge in [-0.1, -0.05) is 23.7 Å².